The minimum Gasteiger partial charge on any atom is -0.462 e. The van der Waals surface area contributed by atoms with Crippen LogP contribution in [0, 0.1) is 4.77 Å². The maximum absolute atomic E-state index is 12.8. The Morgan fingerprint density at radius 2 is 2.11 bits per heavy atom. The standard InChI is InChI=1S/C13H15ClN4O5S4/c1-4-8-15-17(13(25)18(8)22-3)12(24)16-27(20,21)10-7(14)6-26-9(10)11(19)23-5-2/h6H,4-5H2,1-3H3,(H,16,24). The summed E-state index contributed by atoms with van der Waals surface area (Å²) >= 11 is 17.1. The summed E-state index contributed by atoms with van der Waals surface area (Å²) < 4.78 is 34.9. The maximum Gasteiger partial charge on any atom is 0.349 e. The normalized spacial score (nSPS) is 11.3. The van der Waals surface area contributed by atoms with Crippen LogP contribution in [0.25, 0.3) is 0 Å². The molecule has 14 heteroatoms. The Bertz CT molecular complexity index is 1040. The van der Waals surface area contributed by atoms with Gasteiger partial charge in [0.2, 0.25) is 9.88 Å². The van der Waals surface area contributed by atoms with Crippen LogP contribution in [0.15, 0.2) is 10.3 Å². The molecular weight excluding hydrogens is 456 g/mol. The molecule has 0 amide bonds. The van der Waals surface area contributed by atoms with Gasteiger partial charge in [0.05, 0.1) is 11.6 Å². The molecular formula is C13H15ClN4O5S4. The highest BCUT2D eigenvalue weighted by Crippen LogP contribution is 2.32. The Morgan fingerprint density at radius 3 is 2.63 bits per heavy atom. The van der Waals surface area contributed by atoms with E-state index in [4.69, 9.17) is 45.6 Å². The van der Waals surface area contributed by atoms with E-state index in [9.17, 15) is 13.2 Å². The molecule has 0 aliphatic carbocycles. The van der Waals surface area contributed by atoms with Crippen molar-refractivity contribution < 1.29 is 22.8 Å². The number of thiophene rings is 1. The van der Waals surface area contributed by atoms with Gasteiger partial charge in [0.25, 0.3) is 10.0 Å². The number of carbonyl (C=O) groups is 1. The van der Waals surface area contributed by atoms with E-state index in [1.54, 1.807) is 6.92 Å². The lowest BCUT2D eigenvalue weighted by Crippen LogP contribution is -2.35. The Balaban J connectivity index is 2.42. The number of thiocarbonyl (C=S) groups is 1. The van der Waals surface area contributed by atoms with Crippen molar-refractivity contribution in [1.82, 2.24) is 19.2 Å². The quantitative estimate of drug-likeness (QED) is 0.505. The first kappa shape index (κ1) is 21.8. The molecule has 0 saturated carbocycles. The first-order valence-electron chi connectivity index (χ1n) is 7.44. The van der Waals surface area contributed by atoms with Crippen LogP contribution in [0.3, 0.4) is 0 Å². The highest BCUT2D eigenvalue weighted by molar-refractivity contribution is 7.92. The van der Waals surface area contributed by atoms with Crippen molar-refractivity contribution in [3.05, 3.63) is 25.9 Å². The molecule has 2 aromatic heterocycles. The van der Waals surface area contributed by atoms with Crippen LogP contribution in [-0.4, -0.2) is 47.7 Å². The van der Waals surface area contributed by atoms with E-state index in [-0.39, 0.29) is 26.4 Å². The van der Waals surface area contributed by atoms with Gasteiger partial charge in [0.1, 0.15) is 16.9 Å². The number of nitrogens with one attached hydrogen (secondary N) is 1. The van der Waals surface area contributed by atoms with Gasteiger partial charge in [-0.15, -0.1) is 21.2 Å². The molecule has 0 saturated heterocycles. The van der Waals surface area contributed by atoms with Crippen molar-refractivity contribution >= 4 is 68.5 Å². The van der Waals surface area contributed by atoms with Crippen molar-refractivity contribution in [2.75, 3.05) is 13.7 Å². The minimum absolute atomic E-state index is 0.0454. The Labute approximate surface area is 174 Å². The number of hydrogen-bond donors (Lipinski definition) is 1. The lowest BCUT2D eigenvalue weighted by Gasteiger charge is -2.10. The summed E-state index contributed by atoms with van der Waals surface area (Å²) in [6.45, 7) is 3.51. The largest absolute Gasteiger partial charge is 0.462 e. The summed E-state index contributed by atoms with van der Waals surface area (Å²) in [4.78, 5) is 16.6. The lowest BCUT2D eigenvalue weighted by atomic mass is 10.5. The molecule has 27 heavy (non-hydrogen) atoms. The van der Waals surface area contributed by atoms with Gasteiger partial charge in [0.15, 0.2) is 5.82 Å². The number of sulfonamides is 1. The smallest absolute Gasteiger partial charge is 0.349 e. The number of rotatable bonds is 6. The average molecular weight is 471 g/mol. The van der Waals surface area contributed by atoms with Crippen LogP contribution in [0.5, 0.6) is 0 Å². The summed E-state index contributed by atoms with van der Waals surface area (Å²) in [6, 6.07) is 0. The molecule has 0 radical (unpaired) electrons. The SMILES string of the molecule is CCOC(=O)c1scc(Cl)c1S(=O)(=O)NC(=S)n1nc(CC)n(OC)c1=S. The van der Waals surface area contributed by atoms with Gasteiger partial charge in [-0.3, -0.25) is 4.72 Å². The highest BCUT2D eigenvalue weighted by atomic mass is 35.5. The Morgan fingerprint density at radius 1 is 1.44 bits per heavy atom. The van der Waals surface area contributed by atoms with Crippen LogP contribution in [0.4, 0.5) is 0 Å². The molecule has 2 aromatic rings. The molecule has 2 rings (SSSR count). The van der Waals surface area contributed by atoms with E-state index in [1.165, 1.54) is 17.2 Å². The van der Waals surface area contributed by atoms with Crippen LogP contribution >= 0.6 is 47.4 Å². The molecule has 9 nitrogen and oxygen atoms in total. The highest BCUT2D eigenvalue weighted by Gasteiger charge is 2.30. The molecule has 0 aromatic carbocycles. The topological polar surface area (TPSA) is 104 Å². The number of aromatic nitrogens is 3. The number of aryl methyl sites for hydroxylation is 1. The Kier molecular flexibility index (Phi) is 6.97. The zero-order chi connectivity index (χ0) is 20.4. The van der Waals surface area contributed by atoms with Crippen molar-refractivity contribution in [2.24, 2.45) is 0 Å². The average Bonchev–Trinajstić information content (AvgIpc) is 3.14. The second-order valence-electron chi connectivity index (χ2n) is 4.81. The molecule has 0 atom stereocenters. The molecule has 2 heterocycles. The molecule has 148 valence electrons. The van der Waals surface area contributed by atoms with Gasteiger partial charge >= 0.3 is 5.97 Å². The predicted molar refractivity (Wildman–Crippen MR) is 107 cm³/mol. The zero-order valence-corrected chi connectivity index (χ0v) is 18.4. The summed E-state index contributed by atoms with van der Waals surface area (Å²) in [7, 11) is -2.90. The molecule has 0 bridgehead atoms. The van der Waals surface area contributed by atoms with Gasteiger partial charge in [0, 0.05) is 11.8 Å². The number of hydrogen-bond acceptors (Lipinski definition) is 9. The van der Waals surface area contributed by atoms with E-state index < -0.39 is 20.9 Å². The molecule has 0 aliphatic rings. The van der Waals surface area contributed by atoms with E-state index in [1.807, 2.05) is 6.92 Å². The zero-order valence-electron chi connectivity index (χ0n) is 14.4. The molecule has 0 unspecified atom stereocenters. The van der Waals surface area contributed by atoms with Crippen molar-refractivity contribution in [3.8, 4) is 0 Å². The summed E-state index contributed by atoms with van der Waals surface area (Å²) in [5.74, 6) is -0.348. The van der Waals surface area contributed by atoms with Crippen molar-refractivity contribution in [3.63, 3.8) is 0 Å². The van der Waals surface area contributed by atoms with Gasteiger partial charge in [-0.25, -0.2) is 13.2 Å². The van der Waals surface area contributed by atoms with Crippen molar-refractivity contribution in [1.29, 1.82) is 0 Å². The first-order chi connectivity index (χ1) is 12.7. The predicted octanol–water partition coefficient (Wildman–Crippen LogP) is 2.04. The fourth-order valence-electron chi connectivity index (χ4n) is 2.05. The number of nitrogens with zero attached hydrogens (tertiary/aromatic N) is 3. The fourth-order valence-corrected chi connectivity index (χ4v) is 5.78. The maximum atomic E-state index is 12.8. The van der Waals surface area contributed by atoms with Crippen LogP contribution < -0.4 is 9.56 Å². The number of esters is 1. The second-order valence-corrected chi connectivity index (χ2v) is 8.47. The van der Waals surface area contributed by atoms with E-state index in [0.29, 0.717) is 12.2 Å². The van der Waals surface area contributed by atoms with Crippen molar-refractivity contribution in [2.45, 2.75) is 25.2 Å². The summed E-state index contributed by atoms with van der Waals surface area (Å²) in [5.41, 5.74) is 0. The van der Waals surface area contributed by atoms with E-state index >= 15 is 0 Å². The third-order valence-electron chi connectivity index (χ3n) is 3.15. The number of carbonyl (C=O) groups excluding carboxylic acids is 1. The minimum atomic E-state index is -4.29. The monoisotopic (exact) mass is 470 g/mol. The van der Waals surface area contributed by atoms with Crippen LogP contribution in [0.1, 0.15) is 29.3 Å². The van der Waals surface area contributed by atoms with E-state index in [0.717, 1.165) is 16.0 Å². The molecule has 1 N–H and O–H groups in total. The molecule has 0 fully saturated rings. The van der Waals surface area contributed by atoms with Gasteiger partial charge in [-0.1, -0.05) is 18.5 Å². The molecule has 0 aliphatic heterocycles. The van der Waals surface area contributed by atoms with Gasteiger partial charge in [-0.2, -0.15) is 4.68 Å². The third kappa shape index (κ3) is 4.32. The van der Waals surface area contributed by atoms with E-state index in [2.05, 4.69) is 9.82 Å². The summed E-state index contributed by atoms with van der Waals surface area (Å²) in [5, 5.41) is 5.02. The second kappa shape index (κ2) is 8.65. The van der Waals surface area contributed by atoms with Crippen LogP contribution in [-0.2, 0) is 21.2 Å². The van der Waals surface area contributed by atoms with Gasteiger partial charge < -0.3 is 9.57 Å². The fraction of sp³-hybridized carbons (Fsp3) is 0.385. The number of halogens is 1. The van der Waals surface area contributed by atoms with Gasteiger partial charge in [-0.05, 0) is 31.4 Å². The first-order valence-corrected chi connectivity index (χ1v) is 11.0. The Hall–Kier alpha value is -1.54. The third-order valence-corrected chi connectivity index (χ3v) is 6.95. The molecule has 0 spiro atoms. The summed E-state index contributed by atoms with van der Waals surface area (Å²) in [6.07, 6.45) is 0.475. The number of ether oxygens (including phenoxy) is 1. The van der Waals surface area contributed by atoms with Crippen LogP contribution in [0.2, 0.25) is 5.02 Å². The lowest BCUT2D eigenvalue weighted by molar-refractivity contribution is 0.0528.